The van der Waals surface area contributed by atoms with E-state index in [0.29, 0.717) is 6.54 Å². The number of hydrogen-bond acceptors (Lipinski definition) is 3. The number of amides is 1. The van der Waals surface area contributed by atoms with E-state index in [4.69, 9.17) is 4.74 Å². The molecule has 20 heavy (non-hydrogen) atoms. The summed E-state index contributed by atoms with van der Waals surface area (Å²) < 4.78 is 18.4. The largest absolute Gasteiger partial charge is 0.376 e. The van der Waals surface area contributed by atoms with Crippen LogP contribution in [0.4, 0.5) is 4.39 Å². The van der Waals surface area contributed by atoms with Crippen molar-refractivity contribution in [2.75, 3.05) is 25.2 Å². The van der Waals surface area contributed by atoms with Gasteiger partial charge < -0.3 is 10.1 Å². The van der Waals surface area contributed by atoms with E-state index in [2.05, 4.69) is 5.32 Å². The van der Waals surface area contributed by atoms with Crippen LogP contribution in [0.5, 0.6) is 0 Å². The minimum Gasteiger partial charge on any atom is -0.376 e. The van der Waals surface area contributed by atoms with E-state index in [1.165, 1.54) is 12.1 Å². The van der Waals surface area contributed by atoms with Gasteiger partial charge in [0.25, 0.3) is 0 Å². The molecule has 0 aromatic heterocycles. The molecule has 0 bridgehead atoms. The first-order valence-electron chi connectivity index (χ1n) is 6.78. The lowest BCUT2D eigenvalue weighted by Crippen LogP contribution is -2.47. The van der Waals surface area contributed by atoms with E-state index in [0.717, 1.165) is 29.9 Å². The molecule has 1 heterocycles. The number of halogens is 1. The standard InChI is InChI=1S/C15H20FNO2S/c1-19-15(6-8-20-9-7-15)11-17-14(18)10-12-2-4-13(16)5-3-12/h2-5H,6-11H2,1H3,(H,17,18). The van der Waals surface area contributed by atoms with Crippen molar-refractivity contribution in [3.63, 3.8) is 0 Å². The van der Waals surface area contributed by atoms with Crippen LogP contribution in [0.3, 0.4) is 0 Å². The fraction of sp³-hybridized carbons (Fsp3) is 0.533. The number of thioether (sulfide) groups is 1. The second-order valence-corrected chi connectivity index (χ2v) is 6.30. The number of rotatable bonds is 5. The molecule has 1 aromatic carbocycles. The summed E-state index contributed by atoms with van der Waals surface area (Å²) in [5, 5.41) is 2.94. The van der Waals surface area contributed by atoms with Gasteiger partial charge in [0.15, 0.2) is 0 Å². The van der Waals surface area contributed by atoms with Crippen LogP contribution in [-0.2, 0) is 16.0 Å². The van der Waals surface area contributed by atoms with Crippen LogP contribution in [0.15, 0.2) is 24.3 Å². The van der Waals surface area contributed by atoms with Gasteiger partial charge in [-0.1, -0.05) is 12.1 Å². The Bertz CT molecular complexity index is 444. The zero-order valence-corrected chi connectivity index (χ0v) is 12.5. The summed E-state index contributed by atoms with van der Waals surface area (Å²) in [6, 6.07) is 6.02. The van der Waals surface area contributed by atoms with Gasteiger partial charge in [0.1, 0.15) is 5.82 Å². The average molecular weight is 297 g/mol. The van der Waals surface area contributed by atoms with Gasteiger partial charge in [0.05, 0.1) is 12.0 Å². The van der Waals surface area contributed by atoms with Crippen LogP contribution >= 0.6 is 11.8 Å². The number of carbonyl (C=O) groups excluding carboxylic acids is 1. The van der Waals surface area contributed by atoms with E-state index in [9.17, 15) is 9.18 Å². The molecule has 1 aliphatic heterocycles. The van der Waals surface area contributed by atoms with Crippen LogP contribution in [0.1, 0.15) is 18.4 Å². The Labute approximate surface area is 123 Å². The molecule has 0 aliphatic carbocycles. The molecular formula is C15H20FNO2S. The maximum absolute atomic E-state index is 12.8. The number of ether oxygens (including phenoxy) is 1. The third-order valence-corrected chi connectivity index (χ3v) is 4.71. The summed E-state index contributed by atoms with van der Waals surface area (Å²) in [7, 11) is 1.71. The van der Waals surface area contributed by atoms with Crippen molar-refractivity contribution >= 4 is 17.7 Å². The molecule has 0 unspecified atom stereocenters. The van der Waals surface area contributed by atoms with Crippen LogP contribution in [0.25, 0.3) is 0 Å². The number of hydrogen-bond donors (Lipinski definition) is 1. The summed E-state index contributed by atoms with van der Waals surface area (Å²) in [6.07, 6.45) is 2.20. The highest BCUT2D eigenvalue weighted by Gasteiger charge is 2.32. The van der Waals surface area contributed by atoms with Crippen molar-refractivity contribution < 1.29 is 13.9 Å². The molecule has 3 nitrogen and oxygen atoms in total. The van der Waals surface area contributed by atoms with E-state index >= 15 is 0 Å². The number of nitrogens with one attached hydrogen (secondary N) is 1. The van der Waals surface area contributed by atoms with Crippen molar-refractivity contribution in [2.24, 2.45) is 0 Å². The number of benzene rings is 1. The zero-order valence-electron chi connectivity index (χ0n) is 11.7. The van der Waals surface area contributed by atoms with Crippen molar-refractivity contribution in [3.8, 4) is 0 Å². The highest BCUT2D eigenvalue weighted by Crippen LogP contribution is 2.29. The van der Waals surface area contributed by atoms with Crippen LogP contribution in [-0.4, -0.2) is 36.7 Å². The third kappa shape index (κ3) is 4.21. The van der Waals surface area contributed by atoms with Crippen molar-refractivity contribution in [3.05, 3.63) is 35.6 Å². The molecule has 1 N–H and O–H groups in total. The number of methoxy groups -OCH3 is 1. The van der Waals surface area contributed by atoms with Crippen LogP contribution in [0, 0.1) is 5.82 Å². The molecule has 0 radical (unpaired) electrons. The minimum atomic E-state index is -0.285. The SMILES string of the molecule is COC1(CNC(=O)Cc2ccc(F)cc2)CCSCC1. The van der Waals surface area contributed by atoms with E-state index in [1.807, 2.05) is 11.8 Å². The van der Waals surface area contributed by atoms with Gasteiger partial charge in [-0.25, -0.2) is 4.39 Å². The Balaban J connectivity index is 1.83. The maximum atomic E-state index is 12.8. The summed E-state index contributed by atoms with van der Waals surface area (Å²) >= 11 is 1.92. The first-order chi connectivity index (χ1) is 9.63. The first-order valence-corrected chi connectivity index (χ1v) is 7.93. The molecular weight excluding hydrogens is 277 g/mol. The molecule has 2 rings (SSSR count). The quantitative estimate of drug-likeness (QED) is 0.907. The monoisotopic (exact) mass is 297 g/mol. The van der Waals surface area contributed by atoms with Gasteiger partial charge in [-0.3, -0.25) is 4.79 Å². The molecule has 110 valence electrons. The van der Waals surface area contributed by atoms with E-state index in [-0.39, 0.29) is 23.7 Å². The van der Waals surface area contributed by atoms with Gasteiger partial charge in [0, 0.05) is 13.7 Å². The first kappa shape index (κ1) is 15.3. The third-order valence-electron chi connectivity index (χ3n) is 3.72. The van der Waals surface area contributed by atoms with Gasteiger partial charge in [-0.15, -0.1) is 0 Å². The fourth-order valence-electron chi connectivity index (χ4n) is 2.31. The Kier molecular flexibility index (Phi) is 5.43. The van der Waals surface area contributed by atoms with E-state index < -0.39 is 0 Å². The maximum Gasteiger partial charge on any atom is 0.224 e. The van der Waals surface area contributed by atoms with Gasteiger partial charge in [-0.2, -0.15) is 11.8 Å². The van der Waals surface area contributed by atoms with Crippen molar-refractivity contribution in [1.29, 1.82) is 0 Å². The Morgan fingerprint density at radius 1 is 1.35 bits per heavy atom. The van der Waals surface area contributed by atoms with Crippen LogP contribution < -0.4 is 5.32 Å². The molecule has 1 saturated heterocycles. The molecule has 1 aromatic rings. The molecule has 5 heteroatoms. The normalized spacial score (nSPS) is 17.7. The number of carbonyl (C=O) groups is 1. The zero-order chi connectivity index (χ0) is 14.4. The molecule has 0 atom stereocenters. The molecule has 1 aliphatic rings. The Morgan fingerprint density at radius 2 is 2.00 bits per heavy atom. The predicted octanol–water partition coefficient (Wildman–Crippen LogP) is 2.40. The summed E-state index contributed by atoms with van der Waals surface area (Å²) in [4.78, 5) is 11.9. The smallest absolute Gasteiger partial charge is 0.224 e. The highest BCUT2D eigenvalue weighted by molar-refractivity contribution is 7.99. The lowest BCUT2D eigenvalue weighted by Gasteiger charge is -2.35. The van der Waals surface area contributed by atoms with Gasteiger partial charge >= 0.3 is 0 Å². The average Bonchev–Trinajstić information content (AvgIpc) is 2.49. The van der Waals surface area contributed by atoms with E-state index in [1.54, 1.807) is 19.2 Å². The van der Waals surface area contributed by atoms with Crippen LogP contribution in [0.2, 0.25) is 0 Å². The molecule has 1 fully saturated rings. The summed E-state index contributed by atoms with van der Waals surface area (Å²) in [5.74, 6) is 1.81. The molecule has 0 saturated carbocycles. The minimum absolute atomic E-state index is 0.0498. The summed E-state index contributed by atoms with van der Waals surface area (Å²) in [6.45, 7) is 0.546. The summed E-state index contributed by atoms with van der Waals surface area (Å²) in [5.41, 5.74) is 0.596. The highest BCUT2D eigenvalue weighted by atomic mass is 32.2. The second-order valence-electron chi connectivity index (χ2n) is 5.08. The van der Waals surface area contributed by atoms with Gasteiger partial charge in [0.2, 0.25) is 5.91 Å². The Hall–Kier alpha value is -1.07. The predicted molar refractivity (Wildman–Crippen MR) is 79.4 cm³/mol. The molecule has 1 amide bonds. The van der Waals surface area contributed by atoms with Gasteiger partial charge in [-0.05, 0) is 42.0 Å². The lowest BCUT2D eigenvalue weighted by molar-refractivity contribution is -0.122. The van der Waals surface area contributed by atoms with Crippen molar-refractivity contribution in [2.45, 2.75) is 24.9 Å². The second kappa shape index (κ2) is 7.09. The van der Waals surface area contributed by atoms with Crippen molar-refractivity contribution in [1.82, 2.24) is 5.32 Å². The fourth-order valence-corrected chi connectivity index (χ4v) is 3.54. The Morgan fingerprint density at radius 3 is 2.60 bits per heavy atom. The topological polar surface area (TPSA) is 38.3 Å². The molecule has 0 spiro atoms. The lowest BCUT2D eigenvalue weighted by atomic mass is 9.96.